The van der Waals surface area contributed by atoms with Crippen molar-refractivity contribution < 1.29 is 14.7 Å². The molecule has 2 amide bonds. The first-order valence-electron chi connectivity index (χ1n) is 15.6. The van der Waals surface area contributed by atoms with Gasteiger partial charge in [0.15, 0.2) is 11.5 Å². The maximum atomic E-state index is 13.3. The second-order valence-corrected chi connectivity index (χ2v) is 13.3. The Morgan fingerprint density at radius 3 is 2.14 bits per heavy atom. The molecule has 0 spiro atoms. The number of nitrogens with zero attached hydrogens (tertiary/aromatic N) is 7. The van der Waals surface area contributed by atoms with E-state index in [4.69, 9.17) is 0 Å². The molecule has 1 N–H and O–H groups in total. The van der Waals surface area contributed by atoms with Crippen LogP contribution in [0.1, 0.15) is 70.5 Å². The lowest BCUT2D eigenvalue weighted by atomic mass is 9.49. The molecule has 1 aliphatic heterocycles. The summed E-state index contributed by atoms with van der Waals surface area (Å²) < 4.78 is 0. The Bertz CT molecular complexity index is 1590. The zero-order chi connectivity index (χ0) is 30.3. The molecule has 0 atom stereocenters. The predicted molar refractivity (Wildman–Crippen MR) is 164 cm³/mol. The molecule has 4 saturated carbocycles. The molecule has 5 aliphatic rings. The molecule has 3 aromatic heterocycles. The lowest BCUT2D eigenvalue weighted by molar-refractivity contribution is -0.0629. The Hall–Kier alpha value is -4.52. The molecule has 5 fully saturated rings. The molecule has 10 nitrogen and oxygen atoms in total. The van der Waals surface area contributed by atoms with Crippen molar-refractivity contribution in [1.82, 2.24) is 30.0 Å². The molecule has 3 aromatic rings. The van der Waals surface area contributed by atoms with Gasteiger partial charge in [-0.3, -0.25) is 19.6 Å². The van der Waals surface area contributed by atoms with Crippen molar-refractivity contribution in [2.45, 2.75) is 38.5 Å². The Morgan fingerprint density at radius 2 is 1.52 bits per heavy atom. The largest absolute Gasteiger partial charge is 0.506 e. The Balaban J connectivity index is 0.934. The summed E-state index contributed by atoms with van der Waals surface area (Å²) in [7, 11) is 1.91. The zero-order valence-electron chi connectivity index (χ0n) is 25.0. The van der Waals surface area contributed by atoms with Crippen LogP contribution in [0.5, 0.6) is 5.75 Å². The second kappa shape index (κ2) is 11.5. The number of aromatic nitrogens is 4. The van der Waals surface area contributed by atoms with Crippen LogP contribution in [0.15, 0.2) is 49.1 Å². The third-order valence-corrected chi connectivity index (χ3v) is 9.90. The molecule has 226 valence electrons. The smallest absolute Gasteiger partial charge is 0.274 e. The lowest BCUT2D eigenvalue weighted by Gasteiger charge is -2.57. The van der Waals surface area contributed by atoms with Crippen molar-refractivity contribution in [2.24, 2.45) is 23.2 Å². The first kappa shape index (κ1) is 28.3. The van der Waals surface area contributed by atoms with Crippen LogP contribution in [0.25, 0.3) is 0 Å². The fourth-order valence-electron chi connectivity index (χ4n) is 8.45. The molecular weight excluding hydrogens is 554 g/mol. The molecule has 0 aromatic carbocycles. The number of hydrogen-bond acceptors (Lipinski definition) is 8. The number of piperazine rings is 1. The maximum absolute atomic E-state index is 13.3. The van der Waals surface area contributed by atoms with E-state index >= 15 is 0 Å². The third-order valence-electron chi connectivity index (χ3n) is 9.90. The van der Waals surface area contributed by atoms with E-state index in [1.54, 1.807) is 35.6 Å². The van der Waals surface area contributed by atoms with Crippen molar-refractivity contribution in [3.05, 3.63) is 71.4 Å². The highest BCUT2D eigenvalue weighted by Gasteiger charge is 2.51. The molecule has 4 heterocycles. The van der Waals surface area contributed by atoms with Crippen LogP contribution in [0.4, 0.5) is 5.82 Å². The second-order valence-electron chi connectivity index (χ2n) is 13.3. The molecule has 44 heavy (non-hydrogen) atoms. The van der Waals surface area contributed by atoms with E-state index in [0.29, 0.717) is 59.8 Å². The van der Waals surface area contributed by atoms with Crippen molar-refractivity contribution >= 4 is 17.6 Å². The van der Waals surface area contributed by atoms with Gasteiger partial charge in [0.05, 0.1) is 11.8 Å². The number of anilines is 1. The Morgan fingerprint density at radius 1 is 0.886 bits per heavy atom. The summed E-state index contributed by atoms with van der Waals surface area (Å²) >= 11 is 0. The summed E-state index contributed by atoms with van der Waals surface area (Å²) in [5.74, 6) is 9.08. The monoisotopic (exact) mass is 591 g/mol. The number of pyridine rings is 2. The van der Waals surface area contributed by atoms with Gasteiger partial charge in [-0.15, -0.1) is 10.2 Å². The van der Waals surface area contributed by atoms with E-state index in [2.05, 4.69) is 36.9 Å². The van der Waals surface area contributed by atoms with Gasteiger partial charge in [0.2, 0.25) is 0 Å². The van der Waals surface area contributed by atoms with Gasteiger partial charge in [-0.25, -0.2) is 0 Å². The van der Waals surface area contributed by atoms with Crippen LogP contribution in [-0.2, 0) is 0 Å². The molecule has 0 unspecified atom stereocenters. The first-order valence-corrected chi connectivity index (χ1v) is 15.6. The predicted octanol–water partition coefficient (Wildman–Crippen LogP) is 3.62. The number of aromatic hydroxyl groups is 1. The highest BCUT2D eigenvalue weighted by molar-refractivity contribution is 5.94. The topological polar surface area (TPSA) is 116 Å². The zero-order valence-corrected chi connectivity index (χ0v) is 25.0. The summed E-state index contributed by atoms with van der Waals surface area (Å²) in [6, 6.07) is 6.90. The quantitative estimate of drug-likeness (QED) is 0.448. The van der Waals surface area contributed by atoms with E-state index < -0.39 is 0 Å². The van der Waals surface area contributed by atoms with Crippen LogP contribution in [0, 0.1) is 35.0 Å². The average Bonchev–Trinajstić information content (AvgIpc) is 3.02. The number of carbonyl (C=O) groups excluding carboxylic acids is 2. The summed E-state index contributed by atoms with van der Waals surface area (Å²) in [6.45, 7) is 3.09. The normalized spacial score (nSPS) is 25.3. The van der Waals surface area contributed by atoms with Gasteiger partial charge in [0.25, 0.3) is 11.8 Å². The summed E-state index contributed by atoms with van der Waals surface area (Å²) in [4.78, 5) is 40.4. The van der Waals surface area contributed by atoms with E-state index in [-0.39, 0.29) is 17.6 Å². The minimum absolute atomic E-state index is 0.0448. The number of carbonyl (C=O) groups is 2. The highest BCUT2D eigenvalue weighted by atomic mass is 16.3. The maximum Gasteiger partial charge on any atom is 0.274 e. The van der Waals surface area contributed by atoms with E-state index in [9.17, 15) is 14.7 Å². The molecule has 4 aliphatic carbocycles. The Kier molecular flexibility index (Phi) is 7.40. The first-order chi connectivity index (χ1) is 21.3. The fourth-order valence-corrected chi connectivity index (χ4v) is 8.45. The summed E-state index contributed by atoms with van der Waals surface area (Å²) in [5, 5.41) is 18.3. The molecule has 1 saturated heterocycles. The van der Waals surface area contributed by atoms with E-state index in [1.807, 2.05) is 18.0 Å². The van der Waals surface area contributed by atoms with Gasteiger partial charge >= 0.3 is 0 Å². The van der Waals surface area contributed by atoms with Crippen molar-refractivity contribution in [3.63, 3.8) is 0 Å². The average molecular weight is 592 g/mol. The van der Waals surface area contributed by atoms with Gasteiger partial charge in [0.1, 0.15) is 5.75 Å². The van der Waals surface area contributed by atoms with Crippen LogP contribution < -0.4 is 4.90 Å². The standard InChI is InChI=1S/C34H37N7O3/c1-39(22-34-15-25-10-26(16-34)12-27(11-25)17-34)33(44)30-4-5-31(38-37-30)40-6-8-41(9-7-40)32(43)28-13-23(18-35-20-28)2-3-24-14-29(42)21-36-19-24/h4-5,13-14,18-21,25-27,42H,6-12,15-17,22H2,1H3. The van der Waals surface area contributed by atoms with Gasteiger partial charge in [-0.1, -0.05) is 11.8 Å². The van der Waals surface area contributed by atoms with Gasteiger partial charge in [-0.2, -0.15) is 0 Å². The number of hydrogen-bond donors (Lipinski definition) is 1. The lowest BCUT2D eigenvalue weighted by Crippen LogP contribution is -2.51. The van der Waals surface area contributed by atoms with Crippen molar-refractivity contribution in [1.29, 1.82) is 0 Å². The van der Waals surface area contributed by atoms with E-state index in [1.165, 1.54) is 50.8 Å². The van der Waals surface area contributed by atoms with Gasteiger partial charge in [0, 0.05) is 69.5 Å². The number of amides is 2. The van der Waals surface area contributed by atoms with Crippen molar-refractivity contribution in [2.75, 3.05) is 44.7 Å². The van der Waals surface area contributed by atoms with Gasteiger partial charge in [-0.05, 0) is 86.0 Å². The fraction of sp³-hybridized carbons (Fsp3) is 0.471. The summed E-state index contributed by atoms with van der Waals surface area (Å²) in [5.41, 5.74) is 2.32. The summed E-state index contributed by atoms with van der Waals surface area (Å²) in [6.07, 6.45) is 14.1. The molecular formula is C34H37N7O3. The van der Waals surface area contributed by atoms with Crippen LogP contribution in [-0.4, -0.2) is 86.7 Å². The van der Waals surface area contributed by atoms with Crippen LogP contribution in [0.2, 0.25) is 0 Å². The molecule has 0 radical (unpaired) electrons. The Labute approximate surface area is 257 Å². The molecule has 10 heteroatoms. The van der Waals surface area contributed by atoms with Crippen LogP contribution >= 0.6 is 0 Å². The van der Waals surface area contributed by atoms with Crippen LogP contribution in [0.3, 0.4) is 0 Å². The molecule has 8 rings (SSSR count). The third kappa shape index (κ3) is 5.83. The highest BCUT2D eigenvalue weighted by Crippen LogP contribution is 2.60. The minimum atomic E-state index is -0.103. The molecule has 4 bridgehead atoms. The van der Waals surface area contributed by atoms with Crippen molar-refractivity contribution in [3.8, 4) is 17.6 Å². The number of rotatable bonds is 5. The van der Waals surface area contributed by atoms with Gasteiger partial charge < -0.3 is 19.8 Å². The SMILES string of the molecule is CN(CC12CC3CC(CC(C3)C1)C2)C(=O)c1ccc(N2CCN(C(=O)c3cncc(C#Cc4cncc(O)c4)c3)CC2)nn1. The van der Waals surface area contributed by atoms with E-state index in [0.717, 1.165) is 24.3 Å². The minimum Gasteiger partial charge on any atom is -0.506 e.